The minimum absolute atomic E-state index is 0.367. The Balaban J connectivity index is 3.63. The Labute approximate surface area is 64.3 Å². The van der Waals surface area contributed by atoms with Crippen LogP contribution < -0.4 is 5.73 Å². The molecule has 4 N–H and O–H groups in total. The van der Waals surface area contributed by atoms with E-state index in [-0.39, 0.29) is 0 Å². The third kappa shape index (κ3) is 4.30. The minimum Gasteiger partial charge on any atom is -0.323 e. The quantitative estimate of drug-likeness (QED) is 0.545. The van der Waals surface area contributed by atoms with E-state index in [2.05, 4.69) is 0 Å². The molecule has 0 fully saturated rings. The lowest BCUT2D eigenvalue weighted by atomic mass is 10.5. The first-order chi connectivity index (χ1) is 4.48. The third-order valence-electron chi connectivity index (χ3n) is 1.05. The maximum Gasteiger partial charge on any atom is 0.342 e. The van der Waals surface area contributed by atoms with Crippen LogP contribution in [0.3, 0.4) is 0 Å². The molecule has 0 aromatic heterocycles. The van der Waals surface area contributed by atoms with Crippen LogP contribution in [0.25, 0.3) is 0 Å². The summed E-state index contributed by atoms with van der Waals surface area (Å²) in [4.78, 5) is 17.0. The van der Waals surface area contributed by atoms with Gasteiger partial charge in [0.05, 0.1) is 0 Å². The molecule has 0 aliphatic rings. The molecule has 1 atom stereocenters. The van der Waals surface area contributed by atoms with Gasteiger partial charge < -0.3 is 15.5 Å². The lowest BCUT2D eigenvalue weighted by Crippen LogP contribution is -2.20. The van der Waals surface area contributed by atoms with Gasteiger partial charge in [-0.2, -0.15) is 11.8 Å². The Hall–Kier alpha value is 0.460. The van der Waals surface area contributed by atoms with Crippen molar-refractivity contribution in [3.05, 3.63) is 0 Å². The van der Waals surface area contributed by atoms with Gasteiger partial charge in [-0.25, -0.2) is 0 Å². The Morgan fingerprint density at radius 1 is 1.70 bits per heavy atom. The minimum atomic E-state index is -4.02. The second-order valence-electron chi connectivity index (χ2n) is 1.94. The SMILES string of the molecule is CSCCC(N)P(=O)(O)O. The monoisotopic (exact) mass is 185 g/mol. The summed E-state index contributed by atoms with van der Waals surface area (Å²) < 4.78 is 10.4. The van der Waals surface area contributed by atoms with Crippen molar-refractivity contribution in [3.63, 3.8) is 0 Å². The largest absolute Gasteiger partial charge is 0.342 e. The van der Waals surface area contributed by atoms with Gasteiger partial charge in [0.15, 0.2) is 0 Å². The fourth-order valence-corrected chi connectivity index (χ4v) is 1.54. The molecule has 0 aliphatic heterocycles. The normalized spacial score (nSPS) is 15.2. The summed E-state index contributed by atoms with van der Waals surface area (Å²) in [5.74, 6) is -0.299. The molecule has 0 saturated carbocycles. The highest BCUT2D eigenvalue weighted by Crippen LogP contribution is 2.39. The van der Waals surface area contributed by atoms with Crippen LogP contribution in [0.15, 0.2) is 0 Å². The van der Waals surface area contributed by atoms with E-state index in [1.54, 1.807) is 0 Å². The Morgan fingerprint density at radius 3 is 2.50 bits per heavy atom. The molecule has 0 heterocycles. The van der Waals surface area contributed by atoms with E-state index in [0.717, 1.165) is 0 Å². The average Bonchev–Trinajstić information content (AvgIpc) is 1.80. The maximum atomic E-state index is 10.4. The summed E-state index contributed by atoms with van der Waals surface area (Å²) in [5, 5.41) is 0. The highest BCUT2D eigenvalue weighted by molar-refractivity contribution is 7.98. The van der Waals surface area contributed by atoms with Crippen LogP contribution >= 0.6 is 19.4 Å². The van der Waals surface area contributed by atoms with Crippen molar-refractivity contribution in [1.29, 1.82) is 0 Å². The van der Waals surface area contributed by atoms with Crippen LogP contribution in [-0.4, -0.2) is 27.6 Å². The van der Waals surface area contributed by atoms with Crippen molar-refractivity contribution in [1.82, 2.24) is 0 Å². The van der Waals surface area contributed by atoms with Gasteiger partial charge in [0.1, 0.15) is 5.78 Å². The van der Waals surface area contributed by atoms with Crippen LogP contribution in [0.4, 0.5) is 0 Å². The number of rotatable bonds is 4. The van der Waals surface area contributed by atoms with Gasteiger partial charge in [-0.3, -0.25) is 4.57 Å². The number of hydrogen-bond donors (Lipinski definition) is 3. The third-order valence-corrected chi connectivity index (χ3v) is 2.82. The number of hydrogen-bond acceptors (Lipinski definition) is 3. The molecule has 1 unspecified atom stereocenters. The Kier molecular flexibility index (Phi) is 4.56. The second kappa shape index (κ2) is 4.36. The first-order valence-electron chi connectivity index (χ1n) is 2.78. The average molecular weight is 185 g/mol. The standard InChI is InChI=1S/C4H12NO3PS/c1-10-3-2-4(5)9(6,7)8/h4H,2-3,5H2,1H3,(H2,6,7,8). The van der Waals surface area contributed by atoms with Gasteiger partial charge in [0, 0.05) is 0 Å². The Morgan fingerprint density at radius 2 is 2.20 bits per heavy atom. The van der Waals surface area contributed by atoms with Gasteiger partial charge >= 0.3 is 7.60 Å². The highest BCUT2D eigenvalue weighted by Gasteiger charge is 2.23. The second-order valence-corrected chi connectivity index (χ2v) is 4.76. The predicted molar refractivity (Wildman–Crippen MR) is 43.0 cm³/mol. The molecule has 0 aliphatic carbocycles. The molecule has 4 nitrogen and oxygen atoms in total. The van der Waals surface area contributed by atoms with Gasteiger partial charge in [-0.1, -0.05) is 0 Å². The van der Waals surface area contributed by atoms with E-state index in [9.17, 15) is 4.57 Å². The molecule has 0 bridgehead atoms. The fourth-order valence-electron chi connectivity index (χ4n) is 0.407. The topological polar surface area (TPSA) is 83.6 Å². The van der Waals surface area contributed by atoms with Crippen LogP contribution in [0.2, 0.25) is 0 Å². The molecule has 0 aromatic rings. The number of thioether (sulfide) groups is 1. The molecule has 0 aromatic carbocycles. The van der Waals surface area contributed by atoms with E-state index in [1.807, 2.05) is 6.26 Å². The number of nitrogens with two attached hydrogens (primary N) is 1. The van der Waals surface area contributed by atoms with Crippen molar-refractivity contribution in [2.75, 3.05) is 12.0 Å². The fraction of sp³-hybridized carbons (Fsp3) is 1.00. The molecule has 0 rings (SSSR count). The van der Waals surface area contributed by atoms with Crippen molar-refractivity contribution >= 4 is 19.4 Å². The van der Waals surface area contributed by atoms with Gasteiger partial charge in [-0.15, -0.1) is 0 Å². The van der Waals surface area contributed by atoms with E-state index in [1.165, 1.54) is 11.8 Å². The van der Waals surface area contributed by atoms with Gasteiger partial charge in [0.2, 0.25) is 0 Å². The summed E-state index contributed by atoms with van der Waals surface area (Å²) in [6, 6.07) is 0. The van der Waals surface area contributed by atoms with Crippen molar-refractivity contribution in [3.8, 4) is 0 Å². The molecular formula is C4H12NO3PS. The molecule has 0 amide bonds. The van der Waals surface area contributed by atoms with Crippen LogP contribution in [0, 0.1) is 0 Å². The lowest BCUT2D eigenvalue weighted by molar-refractivity contribution is 0.357. The molecule has 10 heavy (non-hydrogen) atoms. The zero-order valence-electron chi connectivity index (χ0n) is 5.73. The summed E-state index contributed by atoms with van der Waals surface area (Å²) in [6.07, 6.45) is 2.23. The predicted octanol–water partition coefficient (Wildman–Crippen LogP) is 0.202. The summed E-state index contributed by atoms with van der Waals surface area (Å²) >= 11 is 1.52. The van der Waals surface area contributed by atoms with Gasteiger partial charge in [0.25, 0.3) is 0 Å². The van der Waals surface area contributed by atoms with Crippen molar-refractivity contribution < 1.29 is 14.4 Å². The molecule has 0 radical (unpaired) electrons. The molecule has 0 spiro atoms. The van der Waals surface area contributed by atoms with Crippen molar-refractivity contribution in [2.45, 2.75) is 12.2 Å². The van der Waals surface area contributed by atoms with Crippen LogP contribution in [0.5, 0.6) is 0 Å². The smallest absolute Gasteiger partial charge is 0.323 e. The van der Waals surface area contributed by atoms with Gasteiger partial charge in [-0.05, 0) is 18.4 Å². The van der Waals surface area contributed by atoms with Crippen LogP contribution in [0.1, 0.15) is 6.42 Å². The summed E-state index contributed by atoms with van der Waals surface area (Å²) in [5.41, 5.74) is 5.16. The van der Waals surface area contributed by atoms with E-state index < -0.39 is 13.4 Å². The molecule has 62 valence electrons. The summed E-state index contributed by atoms with van der Waals surface area (Å²) in [7, 11) is -4.02. The first kappa shape index (κ1) is 10.5. The lowest BCUT2D eigenvalue weighted by Gasteiger charge is -2.11. The molecule has 0 saturated heterocycles. The van der Waals surface area contributed by atoms with E-state index in [0.29, 0.717) is 12.2 Å². The van der Waals surface area contributed by atoms with E-state index >= 15 is 0 Å². The molecule has 6 heteroatoms. The van der Waals surface area contributed by atoms with E-state index in [4.69, 9.17) is 15.5 Å². The maximum absolute atomic E-state index is 10.4. The zero-order valence-corrected chi connectivity index (χ0v) is 7.44. The molecular weight excluding hydrogens is 173 g/mol. The first-order valence-corrected chi connectivity index (χ1v) is 5.85. The zero-order chi connectivity index (χ0) is 8.20. The van der Waals surface area contributed by atoms with Crippen LogP contribution in [-0.2, 0) is 4.57 Å². The Bertz CT molecular complexity index is 136. The van der Waals surface area contributed by atoms with Crippen molar-refractivity contribution in [2.24, 2.45) is 5.73 Å². The summed E-state index contributed by atoms with van der Waals surface area (Å²) in [6.45, 7) is 0. The highest BCUT2D eigenvalue weighted by atomic mass is 32.2.